The zero-order chi connectivity index (χ0) is 20.0. The number of ether oxygens (including phenoxy) is 3. The van der Waals surface area contributed by atoms with Crippen LogP contribution in [0.5, 0.6) is 17.2 Å². The Kier molecular flexibility index (Phi) is 6.32. The highest BCUT2D eigenvalue weighted by atomic mass is 16.6. The van der Waals surface area contributed by atoms with Crippen LogP contribution in [-0.2, 0) is 0 Å². The maximum Gasteiger partial charge on any atom is 0.272 e. The Hall–Kier alpha value is -3.62. The maximum atomic E-state index is 12.2. The lowest BCUT2D eigenvalue weighted by Gasteiger charge is -2.12. The third-order valence-electron chi connectivity index (χ3n) is 3.72. The lowest BCUT2D eigenvalue weighted by molar-refractivity contribution is -0.385. The monoisotopic (exact) mass is 373 g/mol. The molecule has 0 aliphatic carbocycles. The van der Waals surface area contributed by atoms with E-state index in [4.69, 9.17) is 14.2 Å². The van der Waals surface area contributed by atoms with Gasteiger partial charge in [0.05, 0.1) is 32.5 Å². The molecule has 0 heterocycles. The molecule has 1 amide bonds. The second kappa shape index (κ2) is 8.65. The number of hydrogen-bond acceptors (Lipinski definition) is 7. The van der Waals surface area contributed by atoms with Crippen LogP contribution in [0.1, 0.15) is 21.5 Å². The topological polar surface area (TPSA) is 112 Å². The van der Waals surface area contributed by atoms with Gasteiger partial charge in [0, 0.05) is 22.8 Å². The van der Waals surface area contributed by atoms with Crippen molar-refractivity contribution >= 4 is 17.8 Å². The lowest BCUT2D eigenvalue weighted by Crippen LogP contribution is -2.17. The predicted octanol–water partition coefficient (Wildman–Crippen LogP) is 2.69. The molecular weight excluding hydrogens is 354 g/mol. The quantitative estimate of drug-likeness (QED) is 0.454. The summed E-state index contributed by atoms with van der Waals surface area (Å²) in [6.45, 7) is 1.56. The molecular formula is C18H19N3O6. The van der Waals surface area contributed by atoms with Gasteiger partial charge in [-0.15, -0.1) is 0 Å². The van der Waals surface area contributed by atoms with E-state index in [9.17, 15) is 14.9 Å². The van der Waals surface area contributed by atoms with Crippen molar-refractivity contribution in [2.24, 2.45) is 5.10 Å². The van der Waals surface area contributed by atoms with Gasteiger partial charge < -0.3 is 14.2 Å². The highest BCUT2D eigenvalue weighted by Crippen LogP contribution is 2.37. The summed E-state index contributed by atoms with van der Waals surface area (Å²) in [6, 6.07) is 7.44. The number of methoxy groups -OCH3 is 3. The summed E-state index contributed by atoms with van der Waals surface area (Å²) >= 11 is 0. The molecule has 0 saturated heterocycles. The molecule has 0 aliphatic heterocycles. The lowest BCUT2D eigenvalue weighted by atomic mass is 10.1. The molecule has 0 aliphatic rings. The standard InChI is InChI=1S/C18H19N3O6/c1-11-7-13(5-6-14(11)21(23)24)18(22)20-19-10-12-8-15(25-2)17(27-4)16(9-12)26-3/h5-10H,1-4H3,(H,20,22). The normalized spacial score (nSPS) is 10.5. The molecule has 2 aromatic carbocycles. The van der Waals surface area contributed by atoms with Crippen LogP contribution in [0.2, 0.25) is 0 Å². The molecule has 9 heteroatoms. The van der Waals surface area contributed by atoms with Crippen LogP contribution in [0.3, 0.4) is 0 Å². The fourth-order valence-corrected chi connectivity index (χ4v) is 2.41. The maximum absolute atomic E-state index is 12.2. The van der Waals surface area contributed by atoms with Crippen LogP contribution in [-0.4, -0.2) is 38.4 Å². The summed E-state index contributed by atoms with van der Waals surface area (Å²) in [5.74, 6) is 0.866. The smallest absolute Gasteiger partial charge is 0.272 e. The van der Waals surface area contributed by atoms with E-state index in [0.29, 0.717) is 28.4 Å². The average molecular weight is 373 g/mol. The first-order valence-corrected chi connectivity index (χ1v) is 7.79. The van der Waals surface area contributed by atoms with Crippen molar-refractivity contribution in [3.8, 4) is 17.2 Å². The fourth-order valence-electron chi connectivity index (χ4n) is 2.41. The van der Waals surface area contributed by atoms with Crippen LogP contribution in [0.4, 0.5) is 5.69 Å². The highest BCUT2D eigenvalue weighted by molar-refractivity contribution is 5.95. The summed E-state index contributed by atoms with van der Waals surface area (Å²) in [4.78, 5) is 22.5. The van der Waals surface area contributed by atoms with E-state index in [0.717, 1.165) is 0 Å². The molecule has 0 radical (unpaired) electrons. The molecule has 0 atom stereocenters. The van der Waals surface area contributed by atoms with Crippen molar-refractivity contribution in [2.45, 2.75) is 6.92 Å². The van der Waals surface area contributed by atoms with Gasteiger partial charge in [-0.3, -0.25) is 14.9 Å². The first kappa shape index (κ1) is 19.7. The number of hydrazone groups is 1. The molecule has 27 heavy (non-hydrogen) atoms. The average Bonchev–Trinajstić information content (AvgIpc) is 2.66. The van der Waals surface area contributed by atoms with E-state index in [1.54, 1.807) is 19.1 Å². The van der Waals surface area contributed by atoms with Gasteiger partial charge in [0.1, 0.15) is 0 Å². The molecule has 0 bridgehead atoms. The van der Waals surface area contributed by atoms with Crippen LogP contribution in [0, 0.1) is 17.0 Å². The molecule has 0 fully saturated rings. The first-order valence-electron chi connectivity index (χ1n) is 7.79. The van der Waals surface area contributed by atoms with E-state index >= 15 is 0 Å². The third-order valence-corrected chi connectivity index (χ3v) is 3.72. The number of amides is 1. The third kappa shape index (κ3) is 4.51. The number of hydrogen-bond donors (Lipinski definition) is 1. The number of aryl methyl sites for hydroxylation is 1. The molecule has 0 saturated carbocycles. The number of nitro groups is 1. The second-order valence-corrected chi connectivity index (χ2v) is 5.42. The minimum absolute atomic E-state index is 0.0486. The Labute approximate surface area is 155 Å². The van der Waals surface area contributed by atoms with Crippen molar-refractivity contribution in [2.75, 3.05) is 21.3 Å². The first-order chi connectivity index (χ1) is 12.9. The zero-order valence-electron chi connectivity index (χ0n) is 15.3. The van der Waals surface area contributed by atoms with Crippen LogP contribution >= 0.6 is 0 Å². The fraction of sp³-hybridized carbons (Fsp3) is 0.222. The molecule has 9 nitrogen and oxygen atoms in total. The Morgan fingerprint density at radius 3 is 2.22 bits per heavy atom. The Bertz CT molecular complexity index is 870. The molecule has 0 unspecified atom stereocenters. The largest absolute Gasteiger partial charge is 0.493 e. The number of nitrogens with zero attached hydrogens (tertiary/aromatic N) is 2. The van der Waals surface area contributed by atoms with E-state index in [1.165, 1.54) is 45.7 Å². The van der Waals surface area contributed by atoms with Gasteiger partial charge >= 0.3 is 0 Å². The highest BCUT2D eigenvalue weighted by Gasteiger charge is 2.14. The summed E-state index contributed by atoms with van der Waals surface area (Å²) < 4.78 is 15.7. The van der Waals surface area contributed by atoms with Gasteiger partial charge in [-0.05, 0) is 31.2 Å². The number of carbonyl (C=O) groups is 1. The minimum atomic E-state index is -0.500. The Morgan fingerprint density at radius 1 is 1.11 bits per heavy atom. The summed E-state index contributed by atoms with van der Waals surface area (Å²) in [5.41, 5.74) is 3.60. The van der Waals surface area contributed by atoms with Crippen molar-refractivity contribution in [3.05, 3.63) is 57.1 Å². The van der Waals surface area contributed by atoms with Crippen molar-refractivity contribution < 1.29 is 23.9 Å². The second-order valence-electron chi connectivity index (χ2n) is 5.42. The van der Waals surface area contributed by atoms with Gasteiger partial charge in [-0.2, -0.15) is 5.10 Å². The molecule has 2 rings (SSSR count). The van der Waals surface area contributed by atoms with Crippen LogP contribution in [0.15, 0.2) is 35.4 Å². The number of nitrogens with one attached hydrogen (secondary N) is 1. The van der Waals surface area contributed by atoms with Gasteiger partial charge in [-0.25, -0.2) is 5.43 Å². The number of nitro benzene ring substituents is 1. The molecule has 0 spiro atoms. The number of rotatable bonds is 7. The summed E-state index contributed by atoms with van der Waals surface area (Å²) in [5, 5.41) is 14.7. The van der Waals surface area contributed by atoms with E-state index in [-0.39, 0.29) is 11.3 Å². The SMILES string of the molecule is COc1cc(C=NNC(=O)c2ccc([N+](=O)[O-])c(C)c2)cc(OC)c1OC. The van der Waals surface area contributed by atoms with Crippen LogP contribution in [0.25, 0.3) is 0 Å². The summed E-state index contributed by atoms with van der Waals surface area (Å²) in [6.07, 6.45) is 1.42. The summed E-state index contributed by atoms with van der Waals surface area (Å²) in [7, 11) is 4.49. The molecule has 0 aromatic heterocycles. The zero-order valence-corrected chi connectivity index (χ0v) is 15.3. The van der Waals surface area contributed by atoms with E-state index < -0.39 is 10.8 Å². The molecule has 2 aromatic rings. The van der Waals surface area contributed by atoms with E-state index in [1.807, 2.05) is 0 Å². The van der Waals surface area contributed by atoms with Crippen molar-refractivity contribution in [1.29, 1.82) is 0 Å². The minimum Gasteiger partial charge on any atom is -0.493 e. The Balaban J connectivity index is 2.16. The predicted molar refractivity (Wildman–Crippen MR) is 99.0 cm³/mol. The Morgan fingerprint density at radius 2 is 1.74 bits per heavy atom. The number of benzene rings is 2. The van der Waals surface area contributed by atoms with E-state index in [2.05, 4.69) is 10.5 Å². The van der Waals surface area contributed by atoms with Gasteiger partial charge in [-0.1, -0.05) is 0 Å². The van der Waals surface area contributed by atoms with Gasteiger partial charge in [0.15, 0.2) is 11.5 Å². The number of carbonyl (C=O) groups excluding carboxylic acids is 1. The molecule has 1 N–H and O–H groups in total. The van der Waals surface area contributed by atoms with Crippen LogP contribution < -0.4 is 19.6 Å². The molecule has 142 valence electrons. The van der Waals surface area contributed by atoms with Crippen molar-refractivity contribution in [3.63, 3.8) is 0 Å². The van der Waals surface area contributed by atoms with Gasteiger partial charge in [0.2, 0.25) is 5.75 Å². The van der Waals surface area contributed by atoms with Crippen molar-refractivity contribution in [1.82, 2.24) is 5.43 Å². The van der Waals surface area contributed by atoms with Gasteiger partial charge in [0.25, 0.3) is 11.6 Å².